The van der Waals surface area contributed by atoms with Crippen LogP contribution in [0.25, 0.3) is 6.08 Å². The molecule has 0 amide bonds. The summed E-state index contributed by atoms with van der Waals surface area (Å²) in [6, 6.07) is 8.39. The van der Waals surface area contributed by atoms with Gasteiger partial charge < -0.3 is 15.0 Å². The minimum absolute atomic E-state index is 0.218. The van der Waals surface area contributed by atoms with Gasteiger partial charge in [-0.15, -0.1) is 0 Å². The van der Waals surface area contributed by atoms with E-state index in [0.717, 1.165) is 24.9 Å². The number of esters is 1. The lowest BCUT2D eigenvalue weighted by Gasteiger charge is -2.35. The number of rotatable bonds is 7. The molecule has 1 unspecified atom stereocenters. The Morgan fingerprint density at radius 2 is 1.77 bits per heavy atom. The minimum atomic E-state index is -0.496. The first-order chi connectivity index (χ1) is 14.1. The third-order valence-corrected chi connectivity index (χ3v) is 5.25. The highest BCUT2D eigenvalue weighted by molar-refractivity contribution is 5.87. The molecule has 0 saturated heterocycles. The van der Waals surface area contributed by atoms with E-state index in [0.29, 0.717) is 0 Å². The zero-order valence-electron chi connectivity index (χ0n) is 19.9. The molecule has 0 radical (unpaired) electrons. The second-order valence-electron chi connectivity index (χ2n) is 9.15. The van der Waals surface area contributed by atoms with Crippen LogP contribution in [0.2, 0.25) is 0 Å². The molecule has 1 atom stereocenters. The van der Waals surface area contributed by atoms with Crippen LogP contribution in [0.3, 0.4) is 0 Å². The van der Waals surface area contributed by atoms with Gasteiger partial charge in [-0.1, -0.05) is 38.1 Å². The van der Waals surface area contributed by atoms with Gasteiger partial charge in [-0.2, -0.15) is 0 Å². The Balaban J connectivity index is 2.53. The molecule has 30 heavy (non-hydrogen) atoms. The van der Waals surface area contributed by atoms with Crippen molar-refractivity contribution in [2.45, 2.75) is 65.9 Å². The Morgan fingerprint density at radius 3 is 2.33 bits per heavy atom. The zero-order chi connectivity index (χ0) is 22.5. The highest BCUT2D eigenvalue weighted by Crippen LogP contribution is 2.42. The van der Waals surface area contributed by atoms with Crippen LogP contribution in [-0.4, -0.2) is 37.1 Å². The van der Waals surface area contributed by atoms with E-state index in [1.807, 2.05) is 32.9 Å². The summed E-state index contributed by atoms with van der Waals surface area (Å²) in [7, 11) is 4.20. The molecule has 0 bridgehead atoms. The number of nitrogens with zero attached hydrogens (tertiary/aromatic N) is 1. The van der Waals surface area contributed by atoms with Gasteiger partial charge in [-0.3, -0.25) is 0 Å². The van der Waals surface area contributed by atoms with Crippen LogP contribution < -0.4 is 5.32 Å². The van der Waals surface area contributed by atoms with Gasteiger partial charge in [0.1, 0.15) is 5.60 Å². The molecule has 1 N–H and O–H groups in total. The number of nitrogens with one attached hydrogen (secondary N) is 1. The highest BCUT2D eigenvalue weighted by atomic mass is 16.6. The van der Waals surface area contributed by atoms with Crippen LogP contribution in [0.4, 0.5) is 0 Å². The van der Waals surface area contributed by atoms with Crippen molar-refractivity contribution >= 4 is 12.0 Å². The maximum Gasteiger partial charge on any atom is 0.331 e. The number of ether oxygens (including phenoxy) is 1. The van der Waals surface area contributed by atoms with Gasteiger partial charge in [0.15, 0.2) is 0 Å². The number of allylic oxidation sites excluding steroid dienone is 3. The molecule has 0 aliphatic carbocycles. The molecule has 0 saturated carbocycles. The van der Waals surface area contributed by atoms with Crippen molar-refractivity contribution in [2.24, 2.45) is 0 Å². The van der Waals surface area contributed by atoms with Crippen molar-refractivity contribution in [3.05, 3.63) is 64.0 Å². The molecule has 0 spiro atoms. The molecule has 4 heteroatoms. The third-order valence-electron chi connectivity index (χ3n) is 5.25. The van der Waals surface area contributed by atoms with Gasteiger partial charge in [0, 0.05) is 29.9 Å². The number of likely N-dealkylation sites (N-methyl/N-ethyl adjacent to an activating group) is 1. The Bertz CT molecular complexity index is 854. The molecule has 0 fully saturated rings. The van der Waals surface area contributed by atoms with Crippen LogP contribution in [0.15, 0.2) is 52.9 Å². The molecule has 1 heterocycles. The Morgan fingerprint density at radius 1 is 1.13 bits per heavy atom. The molecule has 1 aromatic carbocycles. The number of benzene rings is 1. The van der Waals surface area contributed by atoms with Crippen molar-refractivity contribution in [3.63, 3.8) is 0 Å². The van der Waals surface area contributed by atoms with E-state index in [1.54, 1.807) is 6.08 Å². The smallest absolute Gasteiger partial charge is 0.331 e. The fraction of sp³-hybridized carbons (Fsp3) is 0.500. The lowest BCUT2D eigenvalue weighted by Crippen LogP contribution is -2.31. The topological polar surface area (TPSA) is 41.6 Å². The fourth-order valence-electron chi connectivity index (χ4n) is 4.13. The van der Waals surface area contributed by atoms with Crippen LogP contribution in [0.5, 0.6) is 0 Å². The molecule has 164 valence electrons. The number of carbonyl (C=O) groups excluding carboxylic acids is 1. The summed E-state index contributed by atoms with van der Waals surface area (Å²) in [5, 5.41) is 3.67. The first-order valence-electron chi connectivity index (χ1n) is 10.9. The van der Waals surface area contributed by atoms with Crippen molar-refractivity contribution in [1.82, 2.24) is 10.2 Å². The Labute approximate surface area is 182 Å². The number of carbonyl (C=O) groups is 1. The number of hydrogen-bond donors (Lipinski definition) is 1. The van der Waals surface area contributed by atoms with Gasteiger partial charge >= 0.3 is 5.97 Å². The van der Waals surface area contributed by atoms with E-state index >= 15 is 0 Å². The molecule has 4 nitrogen and oxygen atoms in total. The van der Waals surface area contributed by atoms with E-state index in [4.69, 9.17) is 4.74 Å². The van der Waals surface area contributed by atoms with Crippen LogP contribution in [-0.2, 0) is 9.53 Å². The minimum Gasteiger partial charge on any atom is -0.457 e. The normalized spacial score (nSPS) is 17.7. The standard InChI is InChI=1S/C26H38N2O2/c1-9-20-18(3)27-23(17-28(7)8)21(10-2)25(20)22-14-12-11-13-19(22)15-16-24(29)30-26(4,5)6/h11-16,25,27H,9-10,17H2,1-8H3/b16-15+. The first kappa shape index (κ1) is 23.9. The summed E-state index contributed by atoms with van der Waals surface area (Å²) in [5.74, 6) is -0.0970. The third kappa shape index (κ3) is 6.09. The average Bonchev–Trinajstić information content (AvgIpc) is 2.64. The average molecular weight is 411 g/mol. The maximum atomic E-state index is 12.2. The van der Waals surface area contributed by atoms with Gasteiger partial charge in [-0.05, 0) is 83.0 Å². The lowest BCUT2D eigenvalue weighted by atomic mass is 9.76. The molecule has 1 aliphatic heterocycles. The second-order valence-corrected chi connectivity index (χ2v) is 9.15. The van der Waals surface area contributed by atoms with Crippen LogP contribution >= 0.6 is 0 Å². The monoisotopic (exact) mass is 410 g/mol. The summed E-state index contributed by atoms with van der Waals surface area (Å²) in [5.41, 5.74) is 7.16. The Kier molecular flexibility index (Phi) is 8.08. The zero-order valence-corrected chi connectivity index (χ0v) is 19.9. The lowest BCUT2D eigenvalue weighted by molar-refractivity contribution is -0.148. The Hall–Kier alpha value is -2.33. The quantitative estimate of drug-likeness (QED) is 0.467. The van der Waals surface area contributed by atoms with Gasteiger partial charge in [-0.25, -0.2) is 4.79 Å². The van der Waals surface area contributed by atoms with Crippen molar-refractivity contribution in [3.8, 4) is 0 Å². The number of dihydropyridines is 1. The fourth-order valence-corrected chi connectivity index (χ4v) is 4.13. The van der Waals surface area contributed by atoms with Gasteiger partial charge in [0.05, 0.1) is 0 Å². The molecule has 0 aromatic heterocycles. The van der Waals surface area contributed by atoms with Crippen molar-refractivity contribution in [1.29, 1.82) is 0 Å². The largest absolute Gasteiger partial charge is 0.457 e. The van der Waals surface area contributed by atoms with Crippen LogP contribution in [0, 0.1) is 0 Å². The number of hydrogen-bond acceptors (Lipinski definition) is 4. The molecular formula is C26H38N2O2. The van der Waals surface area contributed by atoms with Crippen molar-refractivity contribution < 1.29 is 9.53 Å². The van der Waals surface area contributed by atoms with E-state index in [2.05, 4.69) is 63.3 Å². The summed E-state index contributed by atoms with van der Waals surface area (Å²) < 4.78 is 5.45. The highest BCUT2D eigenvalue weighted by Gasteiger charge is 2.29. The van der Waals surface area contributed by atoms with Crippen LogP contribution in [0.1, 0.15) is 71.4 Å². The van der Waals surface area contributed by atoms with E-state index in [1.165, 1.54) is 28.1 Å². The van der Waals surface area contributed by atoms with Gasteiger partial charge in [0.2, 0.25) is 0 Å². The molecule has 1 aliphatic rings. The summed E-state index contributed by atoms with van der Waals surface area (Å²) >= 11 is 0. The summed E-state index contributed by atoms with van der Waals surface area (Å²) in [6.45, 7) is 13.1. The maximum absolute atomic E-state index is 12.2. The summed E-state index contributed by atoms with van der Waals surface area (Å²) in [4.78, 5) is 14.4. The predicted octanol–water partition coefficient (Wildman–Crippen LogP) is 5.64. The predicted molar refractivity (Wildman–Crippen MR) is 126 cm³/mol. The van der Waals surface area contributed by atoms with E-state index in [-0.39, 0.29) is 11.9 Å². The summed E-state index contributed by atoms with van der Waals surface area (Å²) in [6.07, 6.45) is 5.39. The van der Waals surface area contributed by atoms with Crippen molar-refractivity contribution in [2.75, 3.05) is 20.6 Å². The second kappa shape index (κ2) is 10.1. The SMILES string of the molecule is CCC1=C(C)NC(CN(C)C)=C(CC)C1c1ccccc1/C=C/C(=O)OC(C)(C)C. The first-order valence-corrected chi connectivity index (χ1v) is 10.9. The molecule has 2 rings (SSSR count). The van der Waals surface area contributed by atoms with E-state index in [9.17, 15) is 4.79 Å². The molecule has 1 aromatic rings. The molecular weight excluding hydrogens is 372 g/mol. The van der Waals surface area contributed by atoms with Gasteiger partial charge in [0.25, 0.3) is 0 Å². The van der Waals surface area contributed by atoms with E-state index < -0.39 is 5.60 Å².